The number of nitrogens with zero attached hydrogens (tertiary/aromatic N) is 1. The normalized spacial score (nSPS) is 16.0. The number of hydrogen-bond donors (Lipinski definition) is 0. The molecule has 1 aromatic heterocycles. The zero-order valence-electron chi connectivity index (χ0n) is 14.8. The third-order valence-corrected chi connectivity index (χ3v) is 6.08. The van der Waals surface area contributed by atoms with Crippen LogP contribution in [0.3, 0.4) is 0 Å². The van der Waals surface area contributed by atoms with Gasteiger partial charge in [0.15, 0.2) is 0 Å². The Morgan fingerprint density at radius 1 is 1.16 bits per heavy atom. The Morgan fingerprint density at radius 3 is 2.84 bits per heavy atom. The van der Waals surface area contributed by atoms with E-state index in [0.29, 0.717) is 12.5 Å². The summed E-state index contributed by atoms with van der Waals surface area (Å²) >= 11 is 1.76. The van der Waals surface area contributed by atoms with Crippen LogP contribution in [0, 0.1) is 6.92 Å². The van der Waals surface area contributed by atoms with Gasteiger partial charge in [-0.05, 0) is 48.9 Å². The number of benzene rings is 2. The van der Waals surface area contributed by atoms with Crippen molar-refractivity contribution in [2.24, 2.45) is 0 Å². The van der Waals surface area contributed by atoms with Crippen molar-refractivity contribution in [3.05, 3.63) is 70.2 Å². The minimum atomic E-state index is 0.674. The maximum Gasteiger partial charge on any atom is 0.123 e. The van der Waals surface area contributed by atoms with Gasteiger partial charge in [0, 0.05) is 16.9 Å². The Balaban J connectivity index is 1.40. The molecule has 1 atom stereocenters. The van der Waals surface area contributed by atoms with Gasteiger partial charge in [-0.15, -0.1) is 11.3 Å². The van der Waals surface area contributed by atoms with Crippen molar-refractivity contribution >= 4 is 11.3 Å². The lowest BCUT2D eigenvalue weighted by Gasteiger charge is -2.09. The topological polar surface area (TPSA) is 22.1 Å². The zero-order chi connectivity index (χ0) is 17.2. The molecule has 0 aliphatic heterocycles. The average molecular weight is 349 g/mol. The Morgan fingerprint density at radius 2 is 2.00 bits per heavy atom. The van der Waals surface area contributed by atoms with Crippen molar-refractivity contribution in [2.75, 3.05) is 6.61 Å². The Bertz CT molecular complexity index is 869. The predicted octanol–water partition coefficient (Wildman–Crippen LogP) is 5.79. The standard InChI is InChI=1S/C22H23NOS/c1-15-8-9-18-14-19(10-11-20(15)18)24-13-12-21-16(2)25-22(23-21)17-6-4-3-5-7-17/h3-7,10-11,14-15H,8-9,12-13H2,1-2H3/t15-/m1/s1. The van der Waals surface area contributed by atoms with Gasteiger partial charge in [0.05, 0.1) is 12.3 Å². The second-order valence-electron chi connectivity index (χ2n) is 6.79. The molecular weight excluding hydrogens is 326 g/mol. The van der Waals surface area contributed by atoms with Gasteiger partial charge in [0.1, 0.15) is 10.8 Å². The number of aromatic nitrogens is 1. The summed E-state index contributed by atoms with van der Waals surface area (Å²) in [6, 6.07) is 17.0. The van der Waals surface area contributed by atoms with Crippen LogP contribution in [0.15, 0.2) is 48.5 Å². The molecule has 1 heterocycles. The lowest BCUT2D eigenvalue weighted by atomic mass is 10.0. The van der Waals surface area contributed by atoms with Gasteiger partial charge in [-0.25, -0.2) is 4.98 Å². The van der Waals surface area contributed by atoms with Crippen LogP contribution in [0.4, 0.5) is 0 Å². The molecule has 128 valence electrons. The van der Waals surface area contributed by atoms with Gasteiger partial charge in [-0.2, -0.15) is 0 Å². The van der Waals surface area contributed by atoms with Crippen LogP contribution >= 0.6 is 11.3 Å². The van der Waals surface area contributed by atoms with Crippen LogP contribution in [-0.4, -0.2) is 11.6 Å². The highest BCUT2D eigenvalue weighted by molar-refractivity contribution is 7.15. The molecule has 1 aliphatic carbocycles. The minimum Gasteiger partial charge on any atom is -0.493 e. The highest BCUT2D eigenvalue weighted by atomic mass is 32.1. The molecule has 2 aromatic carbocycles. The monoisotopic (exact) mass is 349 g/mol. The van der Waals surface area contributed by atoms with Crippen LogP contribution in [0.2, 0.25) is 0 Å². The molecule has 0 spiro atoms. The lowest BCUT2D eigenvalue weighted by molar-refractivity contribution is 0.320. The van der Waals surface area contributed by atoms with Gasteiger partial charge in [-0.1, -0.05) is 43.3 Å². The Hall–Kier alpha value is -2.13. The SMILES string of the molecule is Cc1sc(-c2ccccc2)nc1CCOc1ccc2c(c1)CC[C@H]2C. The zero-order valence-corrected chi connectivity index (χ0v) is 15.6. The summed E-state index contributed by atoms with van der Waals surface area (Å²) in [5, 5.41) is 1.10. The smallest absolute Gasteiger partial charge is 0.123 e. The van der Waals surface area contributed by atoms with E-state index in [1.54, 1.807) is 11.3 Å². The highest BCUT2D eigenvalue weighted by Gasteiger charge is 2.18. The number of thiazole rings is 1. The van der Waals surface area contributed by atoms with Crippen LogP contribution in [-0.2, 0) is 12.8 Å². The maximum absolute atomic E-state index is 6.01. The molecule has 25 heavy (non-hydrogen) atoms. The first-order valence-electron chi connectivity index (χ1n) is 8.98. The Kier molecular flexibility index (Phi) is 4.58. The highest BCUT2D eigenvalue weighted by Crippen LogP contribution is 2.34. The molecule has 2 nitrogen and oxygen atoms in total. The molecule has 0 saturated heterocycles. The van der Waals surface area contributed by atoms with Crippen molar-refractivity contribution < 1.29 is 4.74 Å². The van der Waals surface area contributed by atoms with Crippen LogP contribution in [0.1, 0.15) is 41.0 Å². The molecule has 0 fully saturated rings. The summed E-state index contributed by atoms with van der Waals surface area (Å²) in [6.07, 6.45) is 3.29. The van der Waals surface area contributed by atoms with Crippen LogP contribution < -0.4 is 4.74 Å². The van der Waals surface area contributed by atoms with E-state index in [1.165, 1.54) is 34.4 Å². The van der Waals surface area contributed by atoms with Crippen molar-refractivity contribution in [2.45, 2.75) is 39.0 Å². The van der Waals surface area contributed by atoms with Crippen LogP contribution in [0.5, 0.6) is 5.75 Å². The van der Waals surface area contributed by atoms with Crippen molar-refractivity contribution in [3.63, 3.8) is 0 Å². The number of aryl methyl sites for hydroxylation is 2. The van der Waals surface area contributed by atoms with Crippen molar-refractivity contribution in [1.82, 2.24) is 4.98 Å². The third-order valence-electron chi connectivity index (χ3n) is 5.01. The fourth-order valence-electron chi connectivity index (χ4n) is 3.53. The van der Waals surface area contributed by atoms with E-state index in [-0.39, 0.29) is 0 Å². The van der Waals surface area contributed by atoms with E-state index in [1.807, 2.05) is 6.07 Å². The summed E-state index contributed by atoms with van der Waals surface area (Å²) in [7, 11) is 0. The molecule has 3 aromatic rings. The quantitative estimate of drug-likeness (QED) is 0.581. The summed E-state index contributed by atoms with van der Waals surface area (Å²) in [5.74, 6) is 1.68. The summed E-state index contributed by atoms with van der Waals surface area (Å²) in [5.41, 5.74) is 5.30. The molecule has 0 unspecified atom stereocenters. The van der Waals surface area contributed by atoms with Gasteiger partial charge in [0.2, 0.25) is 0 Å². The largest absolute Gasteiger partial charge is 0.493 e. The van der Waals surface area contributed by atoms with Gasteiger partial charge < -0.3 is 4.74 Å². The van der Waals surface area contributed by atoms with Crippen molar-refractivity contribution in [3.8, 4) is 16.3 Å². The summed E-state index contributed by atoms with van der Waals surface area (Å²) in [4.78, 5) is 6.10. The number of hydrogen-bond acceptors (Lipinski definition) is 3. The number of fused-ring (bicyclic) bond motifs is 1. The first-order valence-corrected chi connectivity index (χ1v) is 9.79. The van der Waals surface area contributed by atoms with E-state index in [2.05, 4.69) is 56.3 Å². The van der Waals surface area contributed by atoms with E-state index >= 15 is 0 Å². The molecular formula is C22H23NOS. The number of ether oxygens (including phenoxy) is 1. The number of rotatable bonds is 5. The molecule has 0 bridgehead atoms. The second-order valence-corrected chi connectivity index (χ2v) is 7.99. The van der Waals surface area contributed by atoms with Crippen LogP contribution in [0.25, 0.3) is 10.6 Å². The molecule has 3 heteroatoms. The van der Waals surface area contributed by atoms with Crippen molar-refractivity contribution in [1.29, 1.82) is 0 Å². The minimum absolute atomic E-state index is 0.674. The maximum atomic E-state index is 6.01. The predicted molar refractivity (Wildman–Crippen MR) is 105 cm³/mol. The third kappa shape index (κ3) is 3.47. The summed E-state index contributed by atoms with van der Waals surface area (Å²) in [6.45, 7) is 5.13. The van der Waals surface area contributed by atoms with E-state index in [4.69, 9.17) is 9.72 Å². The molecule has 0 N–H and O–H groups in total. The molecule has 1 aliphatic rings. The average Bonchev–Trinajstić information content (AvgIpc) is 3.19. The van der Waals surface area contributed by atoms with E-state index < -0.39 is 0 Å². The fraction of sp³-hybridized carbons (Fsp3) is 0.318. The van der Waals surface area contributed by atoms with Gasteiger partial charge in [0.25, 0.3) is 0 Å². The first-order chi connectivity index (χ1) is 12.2. The molecule has 4 rings (SSSR count). The molecule has 0 saturated carbocycles. The van der Waals surface area contributed by atoms with Gasteiger partial charge in [-0.3, -0.25) is 0 Å². The lowest BCUT2D eigenvalue weighted by Crippen LogP contribution is -2.03. The Labute approximate surface area is 153 Å². The molecule has 0 amide bonds. The van der Waals surface area contributed by atoms with E-state index in [0.717, 1.165) is 22.9 Å². The summed E-state index contributed by atoms with van der Waals surface area (Å²) < 4.78 is 6.01. The fourth-order valence-corrected chi connectivity index (χ4v) is 4.49. The first kappa shape index (κ1) is 16.3. The van der Waals surface area contributed by atoms with Gasteiger partial charge >= 0.3 is 0 Å². The second kappa shape index (κ2) is 7.01. The molecule has 0 radical (unpaired) electrons. The van der Waals surface area contributed by atoms with E-state index in [9.17, 15) is 0 Å².